The van der Waals surface area contributed by atoms with Crippen molar-refractivity contribution in [2.24, 2.45) is 0 Å². The zero-order valence-corrected chi connectivity index (χ0v) is 22.4. The average Bonchev–Trinajstić information content (AvgIpc) is 2.91. The third-order valence-electron chi connectivity index (χ3n) is 6.07. The number of ether oxygens (including phenoxy) is 2. The first-order valence-electron chi connectivity index (χ1n) is 12.4. The Morgan fingerprint density at radius 3 is 2.41 bits per heavy atom. The number of nitrogens with one attached hydrogen (secondary N) is 1. The molecule has 3 aromatic rings. The maximum absolute atomic E-state index is 13.3. The van der Waals surface area contributed by atoms with Gasteiger partial charge in [0.1, 0.15) is 12.1 Å². The quantitative estimate of drug-likeness (QED) is 0.275. The first kappa shape index (κ1) is 28.4. The molecule has 2 N–H and O–H groups in total. The Balaban J connectivity index is 1.89. The molecule has 37 heavy (non-hydrogen) atoms. The molecule has 196 valence electrons. The van der Waals surface area contributed by atoms with Gasteiger partial charge < -0.3 is 19.9 Å². The van der Waals surface area contributed by atoms with Crippen molar-refractivity contribution >= 4 is 23.6 Å². The lowest BCUT2D eigenvalue weighted by Crippen LogP contribution is -2.41. The van der Waals surface area contributed by atoms with E-state index in [-0.39, 0.29) is 6.10 Å². The molecule has 0 spiro atoms. The molecular weight excluding hydrogens is 486 g/mol. The van der Waals surface area contributed by atoms with Crippen LogP contribution in [-0.2, 0) is 20.9 Å². The molecule has 0 saturated heterocycles. The number of thioether (sulfide) groups is 1. The highest BCUT2D eigenvalue weighted by molar-refractivity contribution is 7.98. The van der Waals surface area contributed by atoms with Gasteiger partial charge in [0.15, 0.2) is 0 Å². The molecule has 0 aromatic heterocycles. The number of hydrogen-bond donors (Lipinski definition) is 2. The number of aliphatic carboxylic acids is 1. The van der Waals surface area contributed by atoms with Gasteiger partial charge >= 0.3 is 5.97 Å². The third kappa shape index (κ3) is 8.18. The molecule has 2 atom stereocenters. The predicted octanol–water partition coefficient (Wildman–Crippen LogP) is 5.89. The normalized spacial score (nSPS) is 12.6. The fourth-order valence-electron chi connectivity index (χ4n) is 4.04. The maximum Gasteiger partial charge on any atom is 0.326 e. The summed E-state index contributed by atoms with van der Waals surface area (Å²) >= 11 is 1.55. The number of hydrogen-bond acceptors (Lipinski definition) is 5. The summed E-state index contributed by atoms with van der Waals surface area (Å²) in [5.74, 6) is -0.800. The molecule has 6 nitrogen and oxygen atoms in total. The molecule has 0 aliphatic carbocycles. The smallest absolute Gasteiger partial charge is 0.326 e. The summed E-state index contributed by atoms with van der Waals surface area (Å²) in [7, 11) is 0. The van der Waals surface area contributed by atoms with Gasteiger partial charge in [-0.2, -0.15) is 11.8 Å². The summed E-state index contributed by atoms with van der Waals surface area (Å²) in [5.41, 5.74) is 5.05. The minimum absolute atomic E-state index is 0.223. The van der Waals surface area contributed by atoms with Gasteiger partial charge in [-0.25, -0.2) is 4.79 Å². The molecule has 0 unspecified atom stereocenters. The lowest BCUT2D eigenvalue weighted by atomic mass is 9.93. The standard InChI is InChI=1S/C30H35NO5S/c1-4-35-20-28(23-11-6-5-7-12-23)36-19-22-14-15-25(26(18-22)24-13-9-8-10-21(24)2)29(32)31-27(30(33)34)16-17-37-3/h5-15,18,27-28H,4,16-17,19-20H2,1-3H3,(H,31,32)(H,33,34)/t27-,28-/m0/s1. The van der Waals surface area contributed by atoms with Crippen molar-refractivity contribution < 1.29 is 24.2 Å². The van der Waals surface area contributed by atoms with Crippen molar-refractivity contribution in [2.75, 3.05) is 25.2 Å². The van der Waals surface area contributed by atoms with E-state index in [1.165, 1.54) is 0 Å². The predicted molar refractivity (Wildman–Crippen MR) is 149 cm³/mol. The van der Waals surface area contributed by atoms with Crippen molar-refractivity contribution in [1.29, 1.82) is 0 Å². The molecule has 0 heterocycles. The van der Waals surface area contributed by atoms with Crippen molar-refractivity contribution in [3.63, 3.8) is 0 Å². The van der Waals surface area contributed by atoms with Crippen LogP contribution in [0, 0.1) is 6.92 Å². The van der Waals surface area contributed by atoms with Gasteiger partial charge in [0, 0.05) is 12.2 Å². The monoisotopic (exact) mass is 521 g/mol. The summed E-state index contributed by atoms with van der Waals surface area (Å²) in [5, 5.41) is 12.3. The van der Waals surface area contributed by atoms with Crippen LogP contribution < -0.4 is 5.32 Å². The van der Waals surface area contributed by atoms with Gasteiger partial charge in [0.05, 0.1) is 13.2 Å². The largest absolute Gasteiger partial charge is 0.480 e. The van der Waals surface area contributed by atoms with Crippen molar-refractivity contribution in [3.8, 4) is 11.1 Å². The van der Waals surface area contributed by atoms with Gasteiger partial charge in [-0.3, -0.25) is 4.79 Å². The molecular formula is C30H35NO5S. The van der Waals surface area contributed by atoms with Gasteiger partial charge in [0.25, 0.3) is 5.91 Å². The number of benzene rings is 3. The van der Waals surface area contributed by atoms with E-state index in [2.05, 4.69) is 5.32 Å². The van der Waals surface area contributed by atoms with Gasteiger partial charge in [-0.05, 0) is 72.2 Å². The van der Waals surface area contributed by atoms with E-state index in [1.54, 1.807) is 17.8 Å². The van der Waals surface area contributed by atoms with Gasteiger partial charge in [-0.1, -0.05) is 60.7 Å². The summed E-state index contributed by atoms with van der Waals surface area (Å²) in [6.07, 6.45) is 2.04. The average molecular weight is 522 g/mol. The van der Waals surface area contributed by atoms with Crippen LogP contribution in [0.2, 0.25) is 0 Å². The Kier molecular flexibility index (Phi) is 11.2. The van der Waals surface area contributed by atoms with Crippen LogP contribution in [-0.4, -0.2) is 48.2 Å². The molecule has 3 aromatic carbocycles. The summed E-state index contributed by atoms with van der Waals surface area (Å²) in [4.78, 5) is 25.0. The molecule has 1 amide bonds. The Hall–Kier alpha value is -3.13. The van der Waals surface area contributed by atoms with E-state index in [1.807, 2.05) is 86.8 Å². The Bertz CT molecular complexity index is 1170. The van der Waals surface area contributed by atoms with Crippen molar-refractivity contribution in [2.45, 2.75) is 39.0 Å². The molecule has 7 heteroatoms. The lowest BCUT2D eigenvalue weighted by molar-refractivity contribution is -0.139. The van der Waals surface area contributed by atoms with Gasteiger partial charge in [0.2, 0.25) is 0 Å². The van der Waals surface area contributed by atoms with E-state index in [4.69, 9.17) is 9.47 Å². The second kappa shape index (κ2) is 14.6. The summed E-state index contributed by atoms with van der Waals surface area (Å²) in [6.45, 7) is 5.32. The Morgan fingerprint density at radius 2 is 1.73 bits per heavy atom. The van der Waals surface area contributed by atoms with E-state index >= 15 is 0 Å². The Morgan fingerprint density at radius 1 is 1.00 bits per heavy atom. The number of carbonyl (C=O) groups is 2. The van der Waals surface area contributed by atoms with Crippen LogP contribution in [0.5, 0.6) is 0 Å². The second-order valence-corrected chi connectivity index (χ2v) is 9.70. The van der Waals surface area contributed by atoms with Gasteiger partial charge in [-0.15, -0.1) is 0 Å². The fraction of sp³-hybridized carbons (Fsp3) is 0.333. The topological polar surface area (TPSA) is 84.9 Å². The summed E-state index contributed by atoms with van der Waals surface area (Å²) in [6, 6.07) is 22.4. The number of amides is 1. The van der Waals surface area contributed by atoms with E-state index in [0.717, 1.165) is 27.8 Å². The Labute approximate surface area is 223 Å². The molecule has 0 aliphatic heterocycles. The fourth-order valence-corrected chi connectivity index (χ4v) is 4.51. The maximum atomic E-state index is 13.3. The molecule has 0 aliphatic rings. The zero-order valence-electron chi connectivity index (χ0n) is 21.6. The van der Waals surface area contributed by atoms with Crippen molar-refractivity contribution in [1.82, 2.24) is 5.32 Å². The highest BCUT2D eigenvalue weighted by Gasteiger charge is 2.23. The molecule has 0 bridgehead atoms. The van der Waals surface area contributed by atoms with E-state index in [0.29, 0.717) is 37.6 Å². The second-order valence-electron chi connectivity index (χ2n) is 8.71. The van der Waals surface area contributed by atoms with Crippen molar-refractivity contribution in [3.05, 3.63) is 95.1 Å². The third-order valence-corrected chi connectivity index (χ3v) is 6.72. The van der Waals surface area contributed by atoms with Crippen LogP contribution >= 0.6 is 11.8 Å². The first-order chi connectivity index (χ1) is 17.9. The van der Waals surface area contributed by atoms with E-state index in [9.17, 15) is 14.7 Å². The lowest BCUT2D eigenvalue weighted by Gasteiger charge is -2.20. The minimum Gasteiger partial charge on any atom is -0.480 e. The first-order valence-corrected chi connectivity index (χ1v) is 13.8. The van der Waals surface area contributed by atoms with E-state index < -0.39 is 17.9 Å². The number of rotatable bonds is 14. The number of carboxylic acids is 1. The molecule has 3 rings (SSSR count). The van der Waals surface area contributed by atoms with Crippen LogP contribution in [0.15, 0.2) is 72.8 Å². The highest BCUT2D eigenvalue weighted by Crippen LogP contribution is 2.29. The number of aryl methyl sites for hydroxylation is 1. The van der Waals surface area contributed by atoms with Crippen LogP contribution in [0.25, 0.3) is 11.1 Å². The molecule has 0 fully saturated rings. The SMILES string of the molecule is CCOC[C@H](OCc1ccc(C(=O)N[C@@H](CCSC)C(=O)O)c(-c2ccccc2C)c1)c1ccccc1. The minimum atomic E-state index is -1.04. The van der Waals surface area contributed by atoms with Crippen LogP contribution in [0.3, 0.4) is 0 Å². The number of carbonyl (C=O) groups excluding carboxylic acids is 1. The molecule has 0 saturated carbocycles. The molecule has 0 radical (unpaired) electrons. The zero-order chi connectivity index (χ0) is 26.6. The summed E-state index contributed by atoms with van der Waals surface area (Å²) < 4.78 is 11.9. The van der Waals surface area contributed by atoms with Crippen LogP contribution in [0.1, 0.15) is 46.5 Å². The highest BCUT2D eigenvalue weighted by atomic mass is 32.2. The number of carboxylic acid groups (broad SMARTS) is 1. The van der Waals surface area contributed by atoms with Crippen LogP contribution in [0.4, 0.5) is 0 Å².